The minimum atomic E-state index is 0.0264. The lowest BCUT2D eigenvalue weighted by Crippen LogP contribution is -2.16. The van der Waals surface area contributed by atoms with E-state index in [0.717, 1.165) is 23.9 Å². The van der Waals surface area contributed by atoms with Gasteiger partial charge in [0.15, 0.2) is 3.70 Å². The van der Waals surface area contributed by atoms with Gasteiger partial charge in [-0.2, -0.15) is 5.10 Å². The third-order valence-corrected chi connectivity index (χ3v) is 2.96. The van der Waals surface area contributed by atoms with Crippen LogP contribution in [0.25, 0.3) is 10.9 Å². The molecule has 0 bridgehead atoms. The van der Waals surface area contributed by atoms with Crippen molar-refractivity contribution in [3.63, 3.8) is 0 Å². The summed E-state index contributed by atoms with van der Waals surface area (Å²) in [6.45, 7) is 2.94. The van der Waals surface area contributed by atoms with Crippen LogP contribution in [0.15, 0.2) is 29.1 Å². The average Bonchev–Trinajstić information content (AvgIpc) is 2.26. The highest BCUT2D eigenvalue weighted by Gasteiger charge is 2.06. The fraction of sp³-hybridized carbons (Fsp3) is 0.273. The topological polar surface area (TPSA) is 34.9 Å². The number of aryl methyl sites for hydroxylation is 1. The van der Waals surface area contributed by atoms with Crippen LogP contribution >= 0.6 is 22.6 Å². The van der Waals surface area contributed by atoms with E-state index >= 15 is 0 Å². The third-order valence-electron chi connectivity index (χ3n) is 2.26. The molecule has 1 aromatic heterocycles. The number of aromatic nitrogens is 2. The molecule has 1 heterocycles. The summed E-state index contributed by atoms with van der Waals surface area (Å²) >= 11 is 1.99. The van der Waals surface area contributed by atoms with Crippen molar-refractivity contribution >= 4 is 33.5 Å². The fourth-order valence-electron chi connectivity index (χ4n) is 1.59. The quantitative estimate of drug-likeness (QED) is 0.798. The van der Waals surface area contributed by atoms with Crippen LogP contribution in [-0.2, 0) is 6.54 Å². The first-order valence-corrected chi connectivity index (χ1v) is 5.97. The van der Waals surface area contributed by atoms with Crippen LogP contribution in [0.2, 0.25) is 0 Å². The minimum absolute atomic E-state index is 0.0264. The first kappa shape index (κ1) is 10.6. The van der Waals surface area contributed by atoms with E-state index in [2.05, 4.69) is 12.0 Å². The summed E-state index contributed by atoms with van der Waals surface area (Å²) in [6, 6.07) is 7.61. The largest absolute Gasteiger partial charge is 0.286 e. The highest BCUT2D eigenvalue weighted by atomic mass is 127. The van der Waals surface area contributed by atoms with Crippen LogP contribution < -0.4 is 5.43 Å². The van der Waals surface area contributed by atoms with E-state index in [4.69, 9.17) is 0 Å². The predicted molar refractivity (Wildman–Crippen MR) is 69.0 cm³/mol. The van der Waals surface area contributed by atoms with Crippen molar-refractivity contribution in [2.75, 3.05) is 0 Å². The van der Waals surface area contributed by atoms with Crippen molar-refractivity contribution in [3.05, 3.63) is 38.2 Å². The molecule has 0 aliphatic heterocycles. The molecular weight excluding hydrogens is 303 g/mol. The van der Waals surface area contributed by atoms with Crippen molar-refractivity contribution in [3.8, 4) is 0 Å². The molecule has 15 heavy (non-hydrogen) atoms. The Hall–Kier alpha value is -0.910. The Morgan fingerprint density at radius 1 is 1.40 bits per heavy atom. The van der Waals surface area contributed by atoms with E-state index in [1.807, 2.05) is 51.5 Å². The summed E-state index contributed by atoms with van der Waals surface area (Å²) in [5, 5.41) is 5.04. The molecule has 0 saturated heterocycles. The molecule has 0 radical (unpaired) electrons. The number of rotatable bonds is 2. The lowest BCUT2D eigenvalue weighted by atomic mass is 10.2. The maximum absolute atomic E-state index is 11.8. The molecule has 2 rings (SSSR count). The second-order valence-corrected chi connectivity index (χ2v) is 4.38. The van der Waals surface area contributed by atoms with Gasteiger partial charge in [-0.25, -0.2) is 0 Å². The van der Waals surface area contributed by atoms with Gasteiger partial charge >= 0.3 is 0 Å². The Morgan fingerprint density at radius 3 is 2.87 bits per heavy atom. The van der Waals surface area contributed by atoms with E-state index in [9.17, 15) is 4.79 Å². The number of hydrogen-bond acceptors (Lipinski definition) is 2. The van der Waals surface area contributed by atoms with Crippen LogP contribution in [0.3, 0.4) is 0 Å². The fourth-order valence-corrected chi connectivity index (χ4v) is 2.14. The Labute approximate surface area is 101 Å². The van der Waals surface area contributed by atoms with Gasteiger partial charge in [0, 0.05) is 6.54 Å². The van der Waals surface area contributed by atoms with Gasteiger partial charge in [-0.15, -0.1) is 0 Å². The predicted octanol–water partition coefficient (Wildman–Crippen LogP) is 2.41. The number of para-hydroxylation sites is 1. The zero-order chi connectivity index (χ0) is 10.8. The second-order valence-electron chi connectivity index (χ2n) is 3.36. The number of benzene rings is 1. The van der Waals surface area contributed by atoms with Gasteiger partial charge in [-0.05, 0) is 41.1 Å². The second kappa shape index (κ2) is 4.30. The first-order valence-electron chi connectivity index (χ1n) is 4.89. The van der Waals surface area contributed by atoms with Gasteiger partial charge in [-0.1, -0.05) is 19.1 Å². The summed E-state index contributed by atoms with van der Waals surface area (Å²) in [6.07, 6.45) is 1.01. The molecule has 0 aliphatic rings. The molecule has 0 fully saturated rings. The van der Waals surface area contributed by atoms with Crippen molar-refractivity contribution in [2.45, 2.75) is 19.9 Å². The average molecular weight is 314 g/mol. The van der Waals surface area contributed by atoms with Crippen LogP contribution in [0, 0.1) is 3.70 Å². The smallest absolute Gasteiger partial charge is 0.221 e. The molecule has 1 aromatic carbocycles. The van der Waals surface area contributed by atoms with E-state index < -0.39 is 0 Å². The van der Waals surface area contributed by atoms with E-state index in [-0.39, 0.29) is 5.43 Å². The normalized spacial score (nSPS) is 10.8. The molecule has 0 aliphatic carbocycles. The monoisotopic (exact) mass is 314 g/mol. The Morgan fingerprint density at radius 2 is 2.13 bits per heavy atom. The summed E-state index contributed by atoms with van der Waals surface area (Å²) in [4.78, 5) is 11.8. The van der Waals surface area contributed by atoms with Gasteiger partial charge in [-0.3, -0.25) is 9.48 Å². The van der Waals surface area contributed by atoms with Crippen molar-refractivity contribution in [1.82, 2.24) is 9.78 Å². The van der Waals surface area contributed by atoms with Crippen LogP contribution in [0.1, 0.15) is 13.3 Å². The molecule has 4 heteroatoms. The molecule has 0 unspecified atom stereocenters. The molecule has 78 valence electrons. The van der Waals surface area contributed by atoms with Crippen molar-refractivity contribution in [2.24, 2.45) is 0 Å². The molecule has 2 aromatic rings. The van der Waals surface area contributed by atoms with Gasteiger partial charge in [0.25, 0.3) is 0 Å². The highest BCUT2D eigenvalue weighted by molar-refractivity contribution is 14.1. The molecule has 3 nitrogen and oxygen atoms in total. The van der Waals surface area contributed by atoms with E-state index in [1.165, 1.54) is 0 Å². The number of nitrogens with zero attached hydrogens (tertiary/aromatic N) is 2. The number of hydrogen-bond donors (Lipinski definition) is 0. The van der Waals surface area contributed by atoms with Crippen LogP contribution in [0.4, 0.5) is 0 Å². The van der Waals surface area contributed by atoms with E-state index in [1.54, 1.807) is 0 Å². The van der Waals surface area contributed by atoms with Crippen LogP contribution in [-0.4, -0.2) is 9.78 Å². The zero-order valence-electron chi connectivity index (χ0n) is 8.40. The number of fused-ring (bicyclic) bond motifs is 1. The van der Waals surface area contributed by atoms with Gasteiger partial charge < -0.3 is 0 Å². The summed E-state index contributed by atoms with van der Waals surface area (Å²) < 4.78 is 2.44. The maximum atomic E-state index is 11.8. The summed E-state index contributed by atoms with van der Waals surface area (Å²) in [5.74, 6) is 0. The van der Waals surface area contributed by atoms with Crippen molar-refractivity contribution < 1.29 is 0 Å². The maximum Gasteiger partial charge on any atom is 0.221 e. The van der Waals surface area contributed by atoms with Gasteiger partial charge in [0.05, 0.1) is 10.9 Å². The molecule has 0 saturated carbocycles. The third kappa shape index (κ3) is 1.90. The Balaban J connectivity index is 2.82. The molecule has 0 N–H and O–H groups in total. The highest BCUT2D eigenvalue weighted by Crippen LogP contribution is 2.10. The standard InChI is InChI=1S/C11H11IN2O/c1-2-7-14-9-6-4-3-5-8(9)10(15)11(12)13-14/h3-6H,2,7H2,1H3. The number of halogens is 1. The molecular formula is C11H11IN2O. The Kier molecular flexibility index (Phi) is 3.04. The molecule has 0 atom stereocenters. The zero-order valence-corrected chi connectivity index (χ0v) is 10.6. The van der Waals surface area contributed by atoms with Gasteiger partial charge in [0.2, 0.25) is 5.43 Å². The SMILES string of the molecule is CCCn1nc(I)c(=O)c2ccccc21. The lowest BCUT2D eigenvalue weighted by Gasteiger charge is -2.08. The first-order chi connectivity index (χ1) is 7.24. The van der Waals surface area contributed by atoms with Crippen molar-refractivity contribution in [1.29, 1.82) is 0 Å². The summed E-state index contributed by atoms with van der Waals surface area (Å²) in [7, 11) is 0. The Bertz CT molecular complexity index is 548. The van der Waals surface area contributed by atoms with Crippen LogP contribution in [0.5, 0.6) is 0 Å². The molecule has 0 spiro atoms. The van der Waals surface area contributed by atoms with E-state index in [0.29, 0.717) is 3.70 Å². The van der Waals surface area contributed by atoms with Gasteiger partial charge in [0.1, 0.15) is 0 Å². The summed E-state index contributed by atoms with van der Waals surface area (Å²) in [5.41, 5.74) is 0.948. The lowest BCUT2D eigenvalue weighted by molar-refractivity contribution is 0.605. The molecule has 0 amide bonds. The minimum Gasteiger partial charge on any atom is -0.286 e.